The van der Waals surface area contributed by atoms with E-state index < -0.39 is 0 Å². The molecule has 0 aliphatic heterocycles. The van der Waals surface area contributed by atoms with Crippen molar-refractivity contribution in [1.82, 2.24) is 10.3 Å². The number of para-hydroxylation sites is 1. The van der Waals surface area contributed by atoms with E-state index in [1.165, 1.54) is 6.08 Å². The van der Waals surface area contributed by atoms with Crippen LogP contribution in [0.4, 0.5) is 0 Å². The van der Waals surface area contributed by atoms with Gasteiger partial charge >= 0.3 is 0 Å². The highest BCUT2D eigenvalue weighted by molar-refractivity contribution is 7.19. The molecule has 1 aliphatic rings. The quantitative estimate of drug-likeness (QED) is 0.853. The molecule has 3 rings (SSSR count). The van der Waals surface area contributed by atoms with Gasteiger partial charge in [-0.3, -0.25) is 4.79 Å². The fourth-order valence-corrected chi connectivity index (χ4v) is 3.87. The van der Waals surface area contributed by atoms with E-state index in [0.29, 0.717) is 0 Å². The third kappa shape index (κ3) is 3.05. The first kappa shape index (κ1) is 15.2. The molecule has 1 aliphatic carbocycles. The normalized spacial score (nSPS) is 25.1. The van der Waals surface area contributed by atoms with E-state index in [9.17, 15) is 9.90 Å². The summed E-state index contributed by atoms with van der Waals surface area (Å²) in [5.41, 5.74) is 0.760. The Morgan fingerprint density at radius 1 is 1.55 bits per heavy atom. The third-order valence-corrected chi connectivity index (χ3v) is 5.45. The Morgan fingerprint density at radius 3 is 3.14 bits per heavy atom. The van der Waals surface area contributed by atoms with Crippen molar-refractivity contribution in [3.63, 3.8) is 0 Å². The Labute approximate surface area is 133 Å². The Morgan fingerprint density at radius 2 is 2.36 bits per heavy atom. The van der Waals surface area contributed by atoms with E-state index in [2.05, 4.69) is 10.3 Å². The van der Waals surface area contributed by atoms with Crippen LogP contribution >= 0.6 is 11.3 Å². The van der Waals surface area contributed by atoms with E-state index in [1.54, 1.807) is 17.4 Å². The second kappa shape index (κ2) is 6.18. The minimum absolute atomic E-state index is 0.0463. The number of rotatable bonds is 4. The fraction of sp³-hybridized carbons (Fsp3) is 0.412. The van der Waals surface area contributed by atoms with Crippen molar-refractivity contribution in [3.05, 3.63) is 35.3 Å². The maximum Gasteiger partial charge on any atom is 0.244 e. The maximum absolute atomic E-state index is 12.1. The predicted octanol–water partition coefficient (Wildman–Crippen LogP) is 2.98. The average Bonchev–Trinajstić information content (AvgIpc) is 3.09. The lowest BCUT2D eigenvalue weighted by molar-refractivity contribution is -0.117. The van der Waals surface area contributed by atoms with Crippen LogP contribution in [0.15, 0.2) is 30.3 Å². The van der Waals surface area contributed by atoms with Crippen LogP contribution in [0.2, 0.25) is 0 Å². The van der Waals surface area contributed by atoms with Crippen LogP contribution in [0.5, 0.6) is 0 Å². The Bertz CT molecular complexity index is 677. The molecular formula is C17H20N2O2S. The number of benzene rings is 1. The van der Waals surface area contributed by atoms with Gasteiger partial charge in [-0.05, 0) is 31.1 Å². The van der Waals surface area contributed by atoms with Crippen LogP contribution in [0.25, 0.3) is 16.3 Å². The van der Waals surface area contributed by atoms with E-state index in [0.717, 1.165) is 34.5 Å². The van der Waals surface area contributed by atoms with Gasteiger partial charge in [0.2, 0.25) is 5.91 Å². The van der Waals surface area contributed by atoms with Gasteiger partial charge in [-0.2, -0.15) is 0 Å². The second-order valence-electron chi connectivity index (χ2n) is 6.12. The first-order chi connectivity index (χ1) is 10.6. The zero-order valence-electron chi connectivity index (χ0n) is 12.6. The van der Waals surface area contributed by atoms with Crippen molar-refractivity contribution in [3.8, 4) is 0 Å². The van der Waals surface area contributed by atoms with Crippen molar-refractivity contribution >= 4 is 33.5 Å². The number of amides is 1. The lowest BCUT2D eigenvalue weighted by atomic mass is 9.86. The summed E-state index contributed by atoms with van der Waals surface area (Å²) in [4.78, 5) is 16.6. The zero-order chi connectivity index (χ0) is 15.6. The summed E-state index contributed by atoms with van der Waals surface area (Å²) in [6.45, 7) is 2.14. The molecule has 22 heavy (non-hydrogen) atoms. The number of nitrogens with zero attached hydrogens (tertiary/aromatic N) is 1. The van der Waals surface area contributed by atoms with Crippen molar-refractivity contribution in [2.24, 2.45) is 5.41 Å². The number of fused-ring (bicyclic) bond motifs is 1. The predicted molar refractivity (Wildman–Crippen MR) is 89.6 cm³/mol. The lowest BCUT2D eigenvalue weighted by Gasteiger charge is -2.29. The molecule has 1 heterocycles. The van der Waals surface area contributed by atoms with E-state index in [4.69, 9.17) is 0 Å². The van der Waals surface area contributed by atoms with Gasteiger partial charge in [-0.1, -0.05) is 25.5 Å². The molecule has 1 amide bonds. The molecule has 0 spiro atoms. The number of aliphatic hydroxyl groups is 1. The largest absolute Gasteiger partial charge is 0.396 e. The first-order valence-corrected chi connectivity index (χ1v) is 8.37. The van der Waals surface area contributed by atoms with Crippen LogP contribution in [0.3, 0.4) is 0 Å². The number of hydrogen-bond donors (Lipinski definition) is 2. The number of nitrogens with one attached hydrogen (secondary N) is 1. The SMILES string of the molecule is CC1(CO)CCCC1NC(=O)/C=C/c1nc2ccccc2s1. The molecule has 2 unspecified atom stereocenters. The van der Waals surface area contributed by atoms with Gasteiger partial charge in [0.1, 0.15) is 5.01 Å². The Hall–Kier alpha value is -1.72. The van der Waals surface area contributed by atoms with Gasteiger partial charge < -0.3 is 10.4 Å². The topological polar surface area (TPSA) is 62.2 Å². The first-order valence-electron chi connectivity index (χ1n) is 7.56. The molecule has 0 saturated heterocycles. The van der Waals surface area contributed by atoms with Crippen molar-refractivity contribution < 1.29 is 9.90 Å². The number of carbonyl (C=O) groups excluding carboxylic acids is 1. The number of aliphatic hydroxyl groups excluding tert-OH is 1. The molecule has 1 fully saturated rings. The summed E-state index contributed by atoms with van der Waals surface area (Å²) < 4.78 is 1.12. The van der Waals surface area contributed by atoms with Crippen molar-refractivity contribution in [2.45, 2.75) is 32.2 Å². The third-order valence-electron chi connectivity index (χ3n) is 4.45. The van der Waals surface area contributed by atoms with Gasteiger partial charge in [0.05, 0.1) is 16.8 Å². The van der Waals surface area contributed by atoms with E-state index in [-0.39, 0.29) is 24.0 Å². The fourth-order valence-electron chi connectivity index (χ4n) is 3.00. The molecule has 4 nitrogen and oxygen atoms in total. The molecule has 116 valence electrons. The molecule has 1 aromatic heterocycles. The minimum atomic E-state index is -0.195. The molecule has 1 saturated carbocycles. The van der Waals surface area contributed by atoms with Crippen LogP contribution in [0.1, 0.15) is 31.2 Å². The van der Waals surface area contributed by atoms with Gasteiger partial charge in [-0.25, -0.2) is 4.98 Å². The van der Waals surface area contributed by atoms with E-state index in [1.807, 2.05) is 31.2 Å². The molecule has 1 aromatic carbocycles. The van der Waals surface area contributed by atoms with Gasteiger partial charge in [0.15, 0.2) is 0 Å². The zero-order valence-corrected chi connectivity index (χ0v) is 13.4. The summed E-state index contributed by atoms with van der Waals surface area (Å²) >= 11 is 1.57. The molecule has 0 bridgehead atoms. The lowest BCUT2D eigenvalue weighted by Crippen LogP contribution is -2.44. The molecule has 2 N–H and O–H groups in total. The smallest absolute Gasteiger partial charge is 0.244 e. The Kier molecular flexibility index (Phi) is 4.27. The number of aromatic nitrogens is 1. The molecule has 2 atom stereocenters. The van der Waals surface area contributed by atoms with Gasteiger partial charge in [-0.15, -0.1) is 11.3 Å². The average molecular weight is 316 g/mol. The molecular weight excluding hydrogens is 296 g/mol. The van der Waals surface area contributed by atoms with E-state index >= 15 is 0 Å². The summed E-state index contributed by atoms with van der Waals surface area (Å²) in [5.74, 6) is -0.120. The summed E-state index contributed by atoms with van der Waals surface area (Å²) in [6.07, 6.45) is 6.22. The highest BCUT2D eigenvalue weighted by atomic mass is 32.1. The summed E-state index contributed by atoms with van der Waals surface area (Å²) in [6, 6.07) is 7.98. The molecule has 0 radical (unpaired) electrons. The molecule has 2 aromatic rings. The number of hydrogen-bond acceptors (Lipinski definition) is 4. The van der Waals surface area contributed by atoms with Crippen LogP contribution in [0, 0.1) is 5.41 Å². The van der Waals surface area contributed by atoms with Crippen LogP contribution < -0.4 is 5.32 Å². The van der Waals surface area contributed by atoms with Crippen molar-refractivity contribution in [1.29, 1.82) is 0 Å². The highest BCUT2D eigenvalue weighted by Crippen LogP contribution is 2.37. The Balaban J connectivity index is 1.66. The second-order valence-corrected chi connectivity index (χ2v) is 7.18. The molecule has 5 heteroatoms. The summed E-state index contributed by atoms with van der Waals surface area (Å²) in [7, 11) is 0. The van der Waals surface area contributed by atoms with Crippen LogP contribution in [-0.4, -0.2) is 28.6 Å². The monoisotopic (exact) mass is 316 g/mol. The summed E-state index contributed by atoms with van der Waals surface area (Å²) in [5, 5.41) is 13.4. The number of thiazole rings is 1. The van der Waals surface area contributed by atoms with Crippen molar-refractivity contribution in [2.75, 3.05) is 6.61 Å². The van der Waals surface area contributed by atoms with Crippen LogP contribution in [-0.2, 0) is 4.79 Å². The minimum Gasteiger partial charge on any atom is -0.396 e. The highest BCUT2D eigenvalue weighted by Gasteiger charge is 2.38. The van der Waals surface area contributed by atoms with Gasteiger partial charge in [0, 0.05) is 17.5 Å². The standard InChI is InChI=1S/C17H20N2O2S/c1-17(11-20)10-4-7-14(17)19-15(21)8-9-16-18-12-5-2-3-6-13(12)22-16/h2-3,5-6,8-9,14,20H,4,7,10-11H2,1H3,(H,19,21)/b9-8+. The van der Waals surface area contributed by atoms with Gasteiger partial charge in [0.25, 0.3) is 0 Å². The maximum atomic E-state index is 12.1. The number of carbonyl (C=O) groups is 1.